The molecule has 21 heavy (non-hydrogen) atoms. The number of carbonyl (C=O) groups excluding carboxylic acids is 1. The smallest absolute Gasteiger partial charge is 0.317 e. The van der Waals surface area contributed by atoms with Crippen LogP contribution >= 0.6 is 0 Å². The Kier molecular flexibility index (Phi) is 5.08. The molecule has 0 aromatic carbocycles. The largest absolute Gasteiger partial charge is 0.481 e. The number of urea groups is 1. The topological polar surface area (TPSA) is 78.9 Å². The molecular weight excluding hydrogens is 272 g/mol. The van der Waals surface area contributed by atoms with Crippen molar-refractivity contribution >= 4 is 12.0 Å². The minimum atomic E-state index is -0.813. The number of hydrogen-bond acceptors (Lipinski definition) is 3. The number of rotatable bonds is 4. The van der Waals surface area contributed by atoms with Gasteiger partial charge in [-0.05, 0) is 32.1 Å². The van der Waals surface area contributed by atoms with Crippen molar-refractivity contribution in [2.45, 2.75) is 57.6 Å². The molecule has 2 saturated heterocycles. The van der Waals surface area contributed by atoms with E-state index >= 15 is 0 Å². The molecule has 2 N–H and O–H groups in total. The summed E-state index contributed by atoms with van der Waals surface area (Å²) < 4.78 is 5.91. The van der Waals surface area contributed by atoms with E-state index in [0.717, 1.165) is 25.7 Å². The second-order valence-electron chi connectivity index (χ2n) is 6.15. The van der Waals surface area contributed by atoms with Crippen molar-refractivity contribution in [2.24, 2.45) is 5.92 Å². The molecule has 120 valence electrons. The maximum atomic E-state index is 12.3. The molecule has 0 aliphatic carbocycles. The molecular formula is C15H26N2O4. The van der Waals surface area contributed by atoms with Crippen molar-refractivity contribution < 1.29 is 19.4 Å². The van der Waals surface area contributed by atoms with Crippen molar-refractivity contribution in [1.29, 1.82) is 0 Å². The predicted molar refractivity (Wildman–Crippen MR) is 78.1 cm³/mol. The van der Waals surface area contributed by atoms with E-state index < -0.39 is 11.9 Å². The third kappa shape index (κ3) is 3.67. The molecule has 2 aliphatic heterocycles. The molecule has 0 saturated carbocycles. The lowest BCUT2D eigenvalue weighted by molar-refractivity contribution is -0.141. The number of likely N-dealkylation sites (tertiary alicyclic amines) is 1. The summed E-state index contributed by atoms with van der Waals surface area (Å²) in [6.07, 6.45) is 4.09. The van der Waals surface area contributed by atoms with E-state index in [2.05, 4.69) is 19.2 Å². The predicted octanol–water partition coefficient (Wildman–Crippen LogP) is 1.84. The Morgan fingerprint density at radius 3 is 2.62 bits per heavy atom. The second-order valence-corrected chi connectivity index (χ2v) is 6.15. The summed E-state index contributed by atoms with van der Waals surface area (Å²) >= 11 is 0. The number of ether oxygens (including phenoxy) is 1. The van der Waals surface area contributed by atoms with Gasteiger partial charge in [-0.3, -0.25) is 4.79 Å². The first-order chi connectivity index (χ1) is 9.99. The van der Waals surface area contributed by atoms with Crippen LogP contribution in [0.1, 0.15) is 46.0 Å². The van der Waals surface area contributed by atoms with Gasteiger partial charge in [0.2, 0.25) is 0 Å². The van der Waals surface area contributed by atoms with Gasteiger partial charge in [-0.1, -0.05) is 13.8 Å². The lowest BCUT2D eigenvalue weighted by atomic mass is 9.86. The summed E-state index contributed by atoms with van der Waals surface area (Å²) in [4.78, 5) is 24.8. The van der Waals surface area contributed by atoms with Crippen molar-refractivity contribution in [3.63, 3.8) is 0 Å². The first kappa shape index (κ1) is 16.1. The number of nitrogens with one attached hydrogen (secondary N) is 1. The van der Waals surface area contributed by atoms with Gasteiger partial charge in [-0.25, -0.2) is 4.79 Å². The van der Waals surface area contributed by atoms with Crippen LogP contribution in [0.15, 0.2) is 0 Å². The normalized spacial score (nSPS) is 28.4. The van der Waals surface area contributed by atoms with Crippen LogP contribution < -0.4 is 5.32 Å². The minimum absolute atomic E-state index is 0.120. The van der Waals surface area contributed by atoms with Crippen LogP contribution in [-0.4, -0.2) is 53.3 Å². The fourth-order valence-electron chi connectivity index (χ4n) is 3.31. The van der Waals surface area contributed by atoms with Gasteiger partial charge in [0.25, 0.3) is 0 Å². The maximum Gasteiger partial charge on any atom is 0.317 e. The maximum absolute atomic E-state index is 12.3. The zero-order valence-electron chi connectivity index (χ0n) is 12.9. The molecule has 0 aromatic rings. The number of nitrogens with zero attached hydrogens (tertiary/aromatic N) is 1. The number of carboxylic acid groups (broad SMARTS) is 1. The fraction of sp³-hybridized carbons (Fsp3) is 0.867. The second kappa shape index (κ2) is 6.64. The van der Waals surface area contributed by atoms with Crippen molar-refractivity contribution in [2.75, 3.05) is 19.7 Å². The van der Waals surface area contributed by atoms with E-state index in [1.165, 1.54) is 0 Å². The lowest BCUT2D eigenvalue weighted by Gasteiger charge is -2.40. The molecule has 2 amide bonds. The minimum Gasteiger partial charge on any atom is -0.481 e. The summed E-state index contributed by atoms with van der Waals surface area (Å²) in [5.41, 5.74) is -0.120. The van der Waals surface area contributed by atoms with Gasteiger partial charge in [-0.15, -0.1) is 0 Å². The van der Waals surface area contributed by atoms with Crippen molar-refractivity contribution in [3.05, 3.63) is 0 Å². The zero-order valence-corrected chi connectivity index (χ0v) is 12.9. The molecule has 2 rings (SSSR count). The van der Waals surface area contributed by atoms with Gasteiger partial charge in [0.05, 0.1) is 11.5 Å². The Morgan fingerprint density at radius 2 is 2.05 bits per heavy atom. The number of amides is 2. The molecule has 2 unspecified atom stereocenters. The number of aliphatic carboxylic acids is 1. The highest BCUT2D eigenvalue weighted by Crippen LogP contribution is 2.31. The van der Waals surface area contributed by atoms with Gasteiger partial charge in [0, 0.05) is 25.7 Å². The van der Waals surface area contributed by atoms with E-state index in [9.17, 15) is 9.59 Å². The van der Waals surface area contributed by atoms with Crippen LogP contribution in [-0.2, 0) is 9.53 Å². The molecule has 2 heterocycles. The van der Waals surface area contributed by atoms with Gasteiger partial charge in [0.15, 0.2) is 0 Å². The van der Waals surface area contributed by atoms with E-state index in [1.54, 1.807) is 4.90 Å². The van der Waals surface area contributed by atoms with E-state index in [1.807, 2.05) is 0 Å². The summed E-state index contributed by atoms with van der Waals surface area (Å²) in [6.45, 7) is 5.75. The quantitative estimate of drug-likeness (QED) is 0.830. The first-order valence-corrected chi connectivity index (χ1v) is 7.92. The summed E-state index contributed by atoms with van der Waals surface area (Å²) in [7, 11) is 0. The van der Waals surface area contributed by atoms with E-state index in [0.29, 0.717) is 26.1 Å². The number of hydrogen-bond donors (Lipinski definition) is 2. The van der Waals surface area contributed by atoms with Crippen molar-refractivity contribution in [3.8, 4) is 0 Å². The third-order valence-electron chi connectivity index (χ3n) is 4.93. The average molecular weight is 298 g/mol. The molecule has 6 nitrogen and oxygen atoms in total. The molecule has 2 atom stereocenters. The Bertz CT molecular complexity index is 395. The van der Waals surface area contributed by atoms with Crippen LogP contribution in [0.3, 0.4) is 0 Å². The molecule has 0 aromatic heterocycles. The molecule has 6 heteroatoms. The highest BCUT2D eigenvalue weighted by molar-refractivity contribution is 5.77. The van der Waals surface area contributed by atoms with Gasteiger partial charge in [-0.2, -0.15) is 0 Å². The Labute approximate surface area is 125 Å². The Morgan fingerprint density at radius 1 is 1.33 bits per heavy atom. The van der Waals surface area contributed by atoms with Crippen molar-refractivity contribution in [1.82, 2.24) is 10.2 Å². The summed E-state index contributed by atoms with van der Waals surface area (Å²) in [5, 5.41) is 12.0. The standard InChI is InChI=1S/C15H26N2O4/c1-3-15(4-2)9-12(6-8-21-15)16-14(20)17-7-5-11(10-17)13(18)19/h11-12H,3-10H2,1-2H3,(H,16,20)(H,18,19). The molecule has 0 bridgehead atoms. The third-order valence-corrected chi connectivity index (χ3v) is 4.93. The van der Waals surface area contributed by atoms with E-state index in [-0.39, 0.29) is 17.7 Å². The van der Waals surface area contributed by atoms with Crippen LogP contribution in [0.25, 0.3) is 0 Å². The van der Waals surface area contributed by atoms with Gasteiger partial charge < -0.3 is 20.1 Å². The highest BCUT2D eigenvalue weighted by Gasteiger charge is 2.37. The van der Waals surface area contributed by atoms with Crippen LogP contribution in [0.2, 0.25) is 0 Å². The summed E-state index contributed by atoms with van der Waals surface area (Å²) in [5.74, 6) is -1.23. The number of carbonyl (C=O) groups is 2. The molecule has 2 fully saturated rings. The summed E-state index contributed by atoms with van der Waals surface area (Å²) in [6, 6.07) is -0.0122. The van der Waals surface area contributed by atoms with Gasteiger partial charge >= 0.3 is 12.0 Å². The molecule has 0 spiro atoms. The van der Waals surface area contributed by atoms with Crippen LogP contribution in [0.4, 0.5) is 4.79 Å². The monoisotopic (exact) mass is 298 g/mol. The van der Waals surface area contributed by atoms with Crippen LogP contribution in [0.5, 0.6) is 0 Å². The first-order valence-electron chi connectivity index (χ1n) is 7.92. The lowest BCUT2D eigenvalue weighted by Crippen LogP contribution is -2.51. The average Bonchev–Trinajstić information content (AvgIpc) is 2.97. The fourth-order valence-corrected chi connectivity index (χ4v) is 3.31. The van der Waals surface area contributed by atoms with Crippen LogP contribution in [0, 0.1) is 5.92 Å². The molecule has 0 radical (unpaired) electrons. The van der Waals surface area contributed by atoms with Gasteiger partial charge in [0.1, 0.15) is 0 Å². The number of carboxylic acids is 1. The molecule has 2 aliphatic rings. The highest BCUT2D eigenvalue weighted by atomic mass is 16.5. The Hall–Kier alpha value is -1.30. The zero-order chi connectivity index (χ0) is 15.5. The van der Waals surface area contributed by atoms with E-state index in [4.69, 9.17) is 9.84 Å². The Balaban J connectivity index is 1.87. The SMILES string of the molecule is CCC1(CC)CC(NC(=O)N2CCC(C(=O)O)C2)CCO1.